The summed E-state index contributed by atoms with van der Waals surface area (Å²) in [7, 11) is 0. The molecule has 2 N–H and O–H groups in total. The van der Waals surface area contributed by atoms with Crippen LogP contribution in [0.5, 0.6) is 0 Å². The minimum absolute atomic E-state index is 0.0354. The highest BCUT2D eigenvalue weighted by Gasteiger charge is 2.09. The maximum absolute atomic E-state index is 11.8. The molecule has 5 heteroatoms. The molecule has 2 aromatic rings. The fourth-order valence-electron chi connectivity index (χ4n) is 1.72. The van der Waals surface area contributed by atoms with Gasteiger partial charge in [0, 0.05) is 18.2 Å². The van der Waals surface area contributed by atoms with E-state index in [0.29, 0.717) is 6.54 Å². The van der Waals surface area contributed by atoms with Gasteiger partial charge in [-0.05, 0) is 29.8 Å². The van der Waals surface area contributed by atoms with E-state index < -0.39 is 0 Å². The number of benzene rings is 1. The summed E-state index contributed by atoms with van der Waals surface area (Å²) in [5.41, 5.74) is 1.62. The van der Waals surface area contributed by atoms with Crippen LogP contribution in [0.15, 0.2) is 47.1 Å². The summed E-state index contributed by atoms with van der Waals surface area (Å²) in [5.74, 6) is -0.102. The topological polar surface area (TPSA) is 71.3 Å². The number of rotatable bonds is 5. The number of hydrogen-bond acceptors (Lipinski definition) is 3. The minimum atomic E-state index is -0.267. The Kier molecular flexibility index (Phi) is 4.77. The quantitative estimate of drug-likeness (QED) is 0.887. The molecule has 2 amide bonds. The number of nitrogens with one attached hydrogen (secondary N) is 2. The Morgan fingerprint density at radius 3 is 2.67 bits per heavy atom. The van der Waals surface area contributed by atoms with E-state index >= 15 is 0 Å². The van der Waals surface area contributed by atoms with Crippen LogP contribution in [0.4, 0.5) is 5.69 Å². The largest absolute Gasteiger partial charge is 0.459 e. The summed E-state index contributed by atoms with van der Waals surface area (Å²) in [6.07, 6.45) is 1.46. The zero-order chi connectivity index (χ0) is 15.2. The first-order valence-electron chi connectivity index (χ1n) is 6.78. The average molecular weight is 286 g/mol. The van der Waals surface area contributed by atoms with Crippen LogP contribution < -0.4 is 10.6 Å². The maximum Gasteiger partial charge on any atom is 0.287 e. The molecular weight excluding hydrogens is 268 g/mol. The van der Waals surface area contributed by atoms with Gasteiger partial charge in [0.15, 0.2) is 5.76 Å². The molecule has 1 aromatic carbocycles. The van der Waals surface area contributed by atoms with Crippen molar-refractivity contribution in [3.05, 3.63) is 54.0 Å². The number of amides is 2. The van der Waals surface area contributed by atoms with Crippen LogP contribution in [0.25, 0.3) is 0 Å². The zero-order valence-corrected chi connectivity index (χ0v) is 12.1. The number of carbonyl (C=O) groups is 2. The van der Waals surface area contributed by atoms with Gasteiger partial charge in [-0.15, -0.1) is 0 Å². The van der Waals surface area contributed by atoms with Crippen molar-refractivity contribution in [3.8, 4) is 0 Å². The first-order valence-corrected chi connectivity index (χ1v) is 6.78. The van der Waals surface area contributed by atoms with Gasteiger partial charge in [0.05, 0.1) is 6.26 Å². The first-order chi connectivity index (χ1) is 10.1. The predicted molar refractivity (Wildman–Crippen MR) is 79.8 cm³/mol. The Morgan fingerprint density at radius 1 is 1.19 bits per heavy atom. The molecule has 0 unspecified atom stereocenters. The van der Waals surface area contributed by atoms with Crippen molar-refractivity contribution in [2.75, 3.05) is 5.32 Å². The monoisotopic (exact) mass is 286 g/mol. The van der Waals surface area contributed by atoms with Crippen LogP contribution in [-0.4, -0.2) is 11.8 Å². The van der Waals surface area contributed by atoms with Crippen LogP contribution in [0.2, 0.25) is 0 Å². The van der Waals surface area contributed by atoms with Gasteiger partial charge in [0.1, 0.15) is 0 Å². The molecule has 0 bridgehead atoms. The molecule has 2 rings (SSSR count). The van der Waals surface area contributed by atoms with E-state index in [1.165, 1.54) is 6.26 Å². The van der Waals surface area contributed by atoms with Gasteiger partial charge in [-0.3, -0.25) is 9.59 Å². The van der Waals surface area contributed by atoms with Crippen molar-refractivity contribution >= 4 is 17.5 Å². The Balaban J connectivity index is 1.95. The standard InChI is InChI=1S/C16H18N2O3/c1-11(2)15(19)18-13-6-3-5-12(9-13)10-17-16(20)14-7-4-8-21-14/h3-9,11H,10H2,1-2H3,(H,17,20)(H,18,19). The highest BCUT2D eigenvalue weighted by molar-refractivity contribution is 5.92. The maximum atomic E-state index is 11.8. The van der Waals surface area contributed by atoms with E-state index in [0.717, 1.165) is 11.3 Å². The first kappa shape index (κ1) is 14.8. The molecule has 0 aliphatic heterocycles. The Hall–Kier alpha value is -2.56. The van der Waals surface area contributed by atoms with Gasteiger partial charge < -0.3 is 15.1 Å². The fourth-order valence-corrected chi connectivity index (χ4v) is 1.72. The summed E-state index contributed by atoms with van der Waals surface area (Å²) in [5, 5.41) is 5.59. The smallest absolute Gasteiger partial charge is 0.287 e. The summed E-state index contributed by atoms with van der Waals surface area (Å²) < 4.78 is 5.02. The van der Waals surface area contributed by atoms with Gasteiger partial charge in [-0.1, -0.05) is 26.0 Å². The number of carbonyl (C=O) groups excluding carboxylic acids is 2. The molecule has 0 saturated carbocycles. The second-order valence-corrected chi connectivity index (χ2v) is 5.00. The second-order valence-electron chi connectivity index (χ2n) is 5.00. The SMILES string of the molecule is CC(C)C(=O)Nc1cccc(CNC(=O)c2ccco2)c1. The molecule has 1 aromatic heterocycles. The van der Waals surface area contributed by atoms with Gasteiger partial charge in [-0.25, -0.2) is 0 Å². The lowest BCUT2D eigenvalue weighted by molar-refractivity contribution is -0.118. The van der Waals surface area contributed by atoms with Crippen molar-refractivity contribution < 1.29 is 14.0 Å². The van der Waals surface area contributed by atoms with Gasteiger partial charge in [0.2, 0.25) is 5.91 Å². The molecule has 0 atom stereocenters. The van der Waals surface area contributed by atoms with Crippen molar-refractivity contribution in [1.82, 2.24) is 5.32 Å². The molecule has 0 saturated heterocycles. The minimum Gasteiger partial charge on any atom is -0.459 e. The molecule has 0 aliphatic rings. The van der Waals surface area contributed by atoms with E-state index in [1.807, 2.05) is 38.1 Å². The molecule has 1 heterocycles. The molecule has 0 aliphatic carbocycles. The lowest BCUT2D eigenvalue weighted by atomic mass is 10.1. The van der Waals surface area contributed by atoms with Gasteiger partial charge in [-0.2, -0.15) is 0 Å². The van der Waals surface area contributed by atoms with Crippen LogP contribution in [0, 0.1) is 5.92 Å². The van der Waals surface area contributed by atoms with Crippen LogP contribution in [0.3, 0.4) is 0 Å². The van der Waals surface area contributed by atoms with E-state index in [4.69, 9.17) is 4.42 Å². The van der Waals surface area contributed by atoms with Crippen molar-refractivity contribution in [3.63, 3.8) is 0 Å². The Bertz CT molecular complexity index is 618. The third-order valence-corrected chi connectivity index (χ3v) is 2.92. The molecule has 0 fully saturated rings. The summed E-state index contributed by atoms with van der Waals surface area (Å²) >= 11 is 0. The third kappa shape index (κ3) is 4.21. The summed E-state index contributed by atoms with van der Waals surface area (Å²) in [6.45, 7) is 4.04. The normalized spacial score (nSPS) is 10.4. The van der Waals surface area contributed by atoms with Crippen molar-refractivity contribution in [2.45, 2.75) is 20.4 Å². The van der Waals surface area contributed by atoms with Gasteiger partial charge in [0.25, 0.3) is 5.91 Å². The summed E-state index contributed by atoms with van der Waals surface area (Å²) in [6, 6.07) is 10.6. The zero-order valence-electron chi connectivity index (χ0n) is 12.1. The number of hydrogen-bond donors (Lipinski definition) is 2. The van der Waals surface area contributed by atoms with Crippen molar-refractivity contribution in [2.24, 2.45) is 5.92 Å². The van der Waals surface area contributed by atoms with E-state index in [1.54, 1.807) is 12.1 Å². The lowest BCUT2D eigenvalue weighted by Crippen LogP contribution is -2.22. The lowest BCUT2D eigenvalue weighted by Gasteiger charge is -2.09. The van der Waals surface area contributed by atoms with E-state index in [9.17, 15) is 9.59 Å². The average Bonchev–Trinajstić information content (AvgIpc) is 2.99. The van der Waals surface area contributed by atoms with E-state index in [-0.39, 0.29) is 23.5 Å². The van der Waals surface area contributed by atoms with Crippen LogP contribution >= 0.6 is 0 Å². The predicted octanol–water partition coefficient (Wildman–Crippen LogP) is 2.80. The highest BCUT2D eigenvalue weighted by Crippen LogP contribution is 2.12. The van der Waals surface area contributed by atoms with Gasteiger partial charge >= 0.3 is 0 Å². The third-order valence-electron chi connectivity index (χ3n) is 2.92. The van der Waals surface area contributed by atoms with E-state index in [2.05, 4.69) is 10.6 Å². The number of anilines is 1. The molecule has 0 spiro atoms. The molecule has 0 radical (unpaired) electrons. The fraction of sp³-hybridized carbons (Fsp3) is 0.250. The Labute approximate surface area is 123 Å². The van der Waals surface area contributed by atoms with Crippen LogP contribution in [-0.2, 0) is 11.3 Å². The molecular formula is C16H18N2O3. The van der Waals surface area contributed by atoms with Crippen molar-refractivity contribution in [1.29, 1.82) is 0 Å². The second kappa shape index (κ2) is 6.74. The molecule has 110 valence electrons. The molecule has 5 nitrogen and oxygen atoms in total. The Morgan fingerprint density at radius 2 is 2.00 bits per heavy atom. The number of furan rings is 1. The molecule has 21 heavy (non-hydrogen) atoms. The summed E-state index contributed by atoms with van der Waals surface area (Å²) in [4.78, 5) is 23.4. The van der Waals surface area contributed by atoms with Crippen LogP contribution in [0.1, 0.15) is 30.0 Å². The highest BCUT2D eigenvalue weighted by atomic mass is 16.3.